The molecule has 0 amide bonds. The molecule has 2 heterocycles. The molecule has 5 nitrogen and oxygen atoms in total. The Labute approximate surface area is 107 Å². The molecule has 98 valence electrons. The van der Waals surface area contributed by atoms with Gasteiger partial charge in [-0.2, -0.15) is 0 Å². The Morgan fingerprint density at radius 3 is 2.67 bits per heavy atom. The molecule has 0 aromatic carbocycles. The molecule has 0 radical (unpaired) electrons. The summed E-state index contributed by atoms with van der Waals surface area (Å²) in [7, 11) is 0. The maximum Gasteiger partial charge on any atom is 0.320 e. The Kier molecular flexibility index (Phi) is 4.15. The number of hydrogen-bond donors (Lipinski definition) is 2. The van der Waals surface area contributed by atoms with Crippen LogP contribution in [0.5, 0.6) is 0 Å². The molecule has 0 saturated carbocycles. The molecule has 1 aromatic rings. The molecule has 1 unspecified atom stereocenters. The molecule has 5 heteroatoms. The van der Waals surface area contributed by atoms with E-state index in [0.717, 1.165) is 24.5 Å². The van der Waals surface area contributed by atoms with Crippen LogP contribution in [0.1, 0.15) is 24.8 Å². The van der Waals surface area contributed by atoms with Gasteiger partial charge in [0.1, 0.15) is 11.9 Å². The molecular weight excluding hydrogens is 230 g/mol. The zero-order valence-corrected chi connectivity index (χ0v) is 10.4. The Hall–Kier alpha value is -1.62. The third-order valence-corrected chi connectivity index (χ3v) is 3.26. The number of pyridine rings is 1. The SMILES string of the molecule is NC(Cc1ccc(N2CCCCC2)nc1)C(=O)O. The lowest BCUT2D eigenvalue weighted by Crippen LogP contribution is -2.32. The number of rotatable bonds is 4. The van der Waals surface area contributed by atoms with Gasteiger partial charge >= 0.3 is 5.97 Å². The molecule has 1 saturated heterocycles. The van der Waals surface area contributed by atoms with Crippen LogP contribution in [-0.2, 0) is 11.2 Å². The van der Waals surface area contributed by atoms with E-state index in [2.05, 4.69) is 9.88 Å². The number of carbonyl (C=O) groups is 1. The minimum Gasteiger partial charge on any atom is -0.480 e. The number of nitrogens with zero attached hydrogens (tertiary/aromatic N) is 2. The fraction of sp³-hybridized carbons (Fsp3) is 0.538. The summed E-state index contributed by atoms with van der Waals surface area (Å²) in [5.74, 6) is -0.00236. The fourth-order valence-electron chi connectivity index (χ4n) is 2.19. The van der Waals surface area contributed by atoms with Crippen molar-refractivity contribution in [3.63, 3.8) is 0 Å². The number of aromatic nitrogens is 1. The predicted molar refractivity (Wildman–Crippen MR) is 69.6 cm³/mol. The van der Waals surface area contributed by atoms with E-state index in [0.29, 0.717) is 6.42 Å². The van der Waals surface area contributed by atoms with Crippen LogP contribution in [0.3, 0.4) is 0 Å². The lowest BCUT2D eigenvalue weighted by Gasteiger charge is -2.27. The molecule has 1 atom stereocenters. The van der Waals surface area contributed by atoms with Gasteiger partial charge in [-0.05, 0) is 37.3 Å². The summed E-state index contributed by atoms with van der Waals surface area (Å²) < 4.78 is 0. The van der Waals surface area contributed by atoms with Gasteiger partial charge < -0.3 is 15.7 Å². The lowest BCUT2D eigenvalue weighted by atomic mass is 10.1. The van der Waals surface area contributed by atoms with E-state index in [1.54, 1.807) is 6.20 Å². The van der Waals surface area contributed by atoms with Crippen molar-refractivity contribution >= 4 is 11.8 Å². The van der Waals surface area contributed by atoms with Crippen molar-refractivity contribution in [2.75, 3.05) is 18.0 Å². The second-order valence-electron chi connectivity index (χ2n) is 4.72. The number of hydrogen-bond acceptors (Lipinski definition) is 4. The minimum atomic E-state index is -0.977. The van der Waals surface area contributed by atoms with Crippen LogP contribution >= 0.6 is 0 Å². The van der Waals surface area contributed by atoms with E-state index in [-0.39, 0.29) is 0 Å². The third-order valence-electron chi connectivity index (χ3n) is 3.26. The smallest absolute Gasteiger partial charge is 0.320 e. The summed E-state index contributed by atoms with van der Waals surface area (Å²) in [6, 6.07) is 3.02. The van der Waals surface area contributed by atoms with Gasteiger partial charge in [0.15, 0.2) is 0 Å². The molecule has 1 aliphatic rings. The summed E-state index contributed by atoms with van der Waals surface area (Å²) >= 11 is 0. The first-order valence-electron chi connectivity index (χ1n) is 6.35. The Balaban J connectivity index is 1.98. The van der Waals surface area contributed by atoms with Crippen molar-refractivity contribution in [1.82, 2.24) is 4.98 Å². The van der Waals surface area contributed by atoms with E-state index in [4.69, 9.17) is 10.8 Å². The van der Waals surface area contributed by atoms with Crippen LogP contribution in [-0.4, -0.2) is 35.2 Å². The van der Waals surface area contributed by atoms with Gasteiger partial charge in [-0.1, -0.05) is 6.07 Å². The minimum absolute atomic E-state index is 0.322. The second-order valence-corrected chi connectivity index (χ2v) is 4.72. The Bertz CT molecular complexity index is 399. The molecule has 1 aromatic heterocycles. The van der Waals surface area contributed by atoms with Crippen LogP contribution in [0.15, 0.2) is 18.3 Å². The summed E-state index contributed by atoms with van der Waals surface area (Å²) in [5.41, 5.74) is 6.36. The number of anilines is 1. The molecule has 3 N–H and O–H groups in total. The summed E-state index contributed by atoms with van der Waals surface area (Å²) in [4.78, 5) is 17.3. The first-order valence-corrected chi connectivity index (χ1v) is 6.35. The van der Waals surface area contributed by atoms with Crippen molar-refractivity contribution in [2.24, 2.45) is 5.73 Å². The summed E-state index contributed by atoms with van der Waals surface area (Å²) in [5, 5.41) is 8.75. The molecule has 2 rings (SSSR count). The van der Waals surface area contributed by atoms with E-state index < -0.39 is 12.0 Å². The van der Waals surface area contributed by atoms with Crippen molar-refractivity contribution in [2.45, 2.75) is 31.7 Å². The van der Waals surface area contributed by atoms with Gasteiger partial charge in [0, 0.05) is 19.3 Å². The average molecular weight is 249 g/mol. The quantitative estimate of drug-likeness (QED) is 0.833. The van der Waals surface area contributed by atoms with Gasteiger partial charge in [-0.25, -0.2) is 4.98 Å². The maximum absolute atomic E-state index is 10.7. The highest BCUT2D eigenvalue weighted by Crippen LogP contribution is 2.17. The number of nitrogens with two attached hydrogens (primary N) is 1. The van der Waals surface area contributed by atoms with Gasteiger partial charge in [0.05, 0.1) is 0 Å². The number of carboxylic acids is 1. The average Bonchev–Trinajstić information content (AvgIpc) is 2.40. The van der Waals surface area contributed by atoms with Crippen molar-refractivity contribution in [3.8, 4) is 0 Å². The van der Waals surface area contributed by atoms with Crippen molar-refractivity contribution < 1.29 is 9.90 Å². The zero-order chi connectivity index (χ0) is 13.0. The molecule has 1 aliphatic heterocycles. The second kappa shape index (κ2) is 5.82. The van der Waals surface area contributed by atoms with Gasteiger partial charge in [-0.15, -0.1) is 0 Å². The van der Waals surface area contributed by atoms with E-state index in [1.807, 2.05) is 12.1 Å². The summed E-state index contributed by atoms with van der Waals surface area (Å²) in [6.07, 6.45) is 5.78. The highest BCUT2D eigenvalue weighted by atomic mass is 16.4. The number of aliphatic carboxylic acids is 1. The fourth-order valence-corrected chi connectivity index (χ4v) is 2.19. The predicted octanol–water partition coefficient (Wildman–Crippen LogP) is 1.03. The highest BCUT2D eigenvalue weighted by molar-refractivity contribution is 5.73. The van der Waals surface area contributed by atoms with E-state index in [1.165, 1.54) is 19.3 Å². The monoisotopic (exact) mass is 249 g/mol. The lowest BCUT2D eigenvalue weighted by molar-refractivity contribution is -0.138. The van der Waals surface area contributed by atoms with Crippen LogP contribution in [0.2, 0.25) is 0 Å². The van der Waals surface area contributed by atoms with Crippen molar-refractivity contribution in [3.05, 3.63) is 23.9 Å². The highest BCUT2D eigenvalue weighted by Gasteiger charge is 2.14. The number of piperidine rings is 1. The van der Waals surface area contributed by atoms with Crippen LogP contribution < -0.4 is 10.6 Å². The maximum atomic E-state index is 10.7. The standard InChI is InChI=1S/C13H19N3O2/c14-11(13(17)18)8-10-4-5-12(15-9-10)16-6-2-1-3-7-16/h4-5,9,11H,1-3,6-8,14H2,(H,17,18). The molecule has 1 fully saturated rings. The largest absolute Gasteiger partial charge is 0.480 e. The normalized spacial score (nSPS) is 17.5. The van der Waals surface area contributed by atoms with Gasteiger partial charge in [-0.3, -0.25) is 4.79 Å². The van der Waals surface area contributed by atoms with E-state index in [9.17, 15) is 4.79 Å². The molecule has 0 spiro atoms. The van der Waals surface area contributed by atoms with Crippen LogP contribution in [0.4, 0.5) is 5.82 Å². The molecular formula is C13H19N3O2. The Morgan fingerprint density at radius 2 is 2.11 bits per heavy atom. The topological polar surface area (TPSA) is 79.5 Å². The summed E-state index contributed by atoms with van der Waals surface area (Å²) in [6.45, 7) is 2.11. The first kappa shape index (κ1) is 12.8. The van der Waals surface area contributed by atoms with Crippen molar-refractivity contribution in [1.29, 1.82) is 0 Å². The van der Waals surface area contributed by atoms with Crippen LogP contribution in [0.25, 0.3) is 0 Å². The molecule has 0 bridgehead atoms. The third kappa shape index (κ3) is 3.20. The molecule has 18 heavy (non-hydrogen) atoms. The number of carboxylic acid groups (broad SMARTS) is 1. The molecule has 0 aliphatic carbocycles. The zero-order valence-electron chi connectivity index (χ0n) is 10.4. The Morgan fingerprint density at radius 1 is 1.39 bits per heavy atom. The van der Waals surface area contributed by atoms with E-state index >= 15 is 0 Å². The van der Waals surface area contributed by atoms with Gasteiger partial charge in [0.2, 0.25) is 0 Å². The van der Waals surface area contributed by atoms with Gasteiger partial charge in [0.25, 0.3) is 0 Å². The van der Waals surface area contributed by atoms with Crippen LogP contribution in [0, 0.1) is 0 Å². The first-order chi connectivity index (χ1) is 8.66.